The Balaban J connectivity index is 0.000000309. The Morgan fingerprint density at radius 3 is 2.47 bits per heavy atom. The van der Waals surface area contributed by atoms with E-state index in [0.29, 0.717) is 0 Å². The van der Waals surface area contributed by atoms with Crippen LogP contribution in [0.5, 0.6) is 0 Å². The minimum atomic E-state index is -0.220. The molecule has 0 bridgehead atoms. The second kappa shape index (κ2) is 10.0. The molecule has 4 heteroatoms. The zero-order chi connectivity index (χ0) is 12.1. The first-order chi connectivity index (χ1) is 8.25. The van der Waals surface area contributed by atoms with E-state index in [1.165, 1.54) is 25.5 Å². The van der Waals surface area contributed by atoms with Crippen LogP contribution in [0.25, 0.3) is 0 Å². The SMILES string of the molecule is C1=CC2=CC=PC2=C1.C[C](C)=[Zr+2][C]1=CC=CC1.[Cl-].[Cl-]. The minimum Gasteiger partial charge on any atom is -1.00 e. The van der Waals surface area contributed by atoms with Crippen LogP contribution in [0, 0.1) is 0 Å². The van der Waals surface area contributed by atoms with E-state index in [-0.39, 0.29) is 47.6 Å². The Kier molecular flexibility index (Phi) is 10.1. The zero-order valence-corrected chi connectivity index (χ0v) is 15.9. The van der Waals surface area contributed by atoms with Gasteiger partial charge in [-0.05, 0) is 23.5 Å². The van der Waals surface area contributed by atoms with Gasteiger partial charge in [0.05, 0.1) is 0 Å². The van der Waals surface area contributed by atoms with E-state index in [0.717, 1.165) is 0 Å². The summed E-state index contributed by atoms with van der Waals surface area (Å²) in [4.78, 5) is 0. The van der Waals surface area contributed by atoms with Crippen molar-refractivity contribution in [3.8, 4) is 0 Å². The molecule has 0 saturated carbocycles. The van der Waals surface area contributed by atoms with Gasteiger partial charge < -0.3 is 24.8 Å². The molecule has 0 aromatic carbocycles. The van der Waals surface area contributed by atoms with Crippen molar-refractivity contribution in [3.63, 3.8) is 0 Å². The Bertz CT molecular complexity index is 490. The molecule has 0 amide bonds. The van der Waals surface area contributed by atoms with Crippen molar-refractivity contribution in [2.75, 3.05) is 0 Å². The molecule has 0 spiro atoms. The summed E-state index contributed by atoms with van der Waals surface area (Å²) >= 11 is -0.220. The van der Waals surface area contributed by atoms with Gasteiger partial charge in [-0.3, -0.25) is 0 Å². The maximum absolute atomic E-state index is 2.29. The summed E-state index contributed by atoms with van der Waals surface area (Å²) in [7, 11) is 1.36. The smallest absolute Gasteiger partial charge is 1.00 e. The van der Waals surface area contributed by atoms with Gasteiger partial charge in [0.1, 0.15) is 0 Å². The van der Waals surface area contributed by atoms with Crippen LogP contribution in [-0.4, -0.2) is 9.00 Å². The fourth-order valence-corrected chi connectivity index (χ4v) is 5.17. The molecule has 0 saturated heterocycles. The fraction of sp³-hybridized carbons (Fsp3) is 0.200. The van der Waals surface area contributed by atoms with Crippen molar-refractivity contribution in [1.29, 1.82) is 0 Å². The Morgan fingerprint density at radius 1 is 1.11 bits per heavy atom. The monoisotopic (exact) mass is 387 g/mol. The molecule has 0 N–H and O–H groups in total. The standard InChI is InChI=1S/C7H5P.C5H5.C3H6.2ClH.Zr/c1-2-6-4-5-8-7(6)3-1;1-2-4-5-3-1;1-3-2;;;/h1-5H;1-3H,4H2;1-2H3;2*1H;/q;;;;;+2/p-2. The second-order valence-electron chi connectivity index (χ2n) is 4.26. The minimum absolute atomic E-state index is 0. The molecule has 3 rings (SSSR count). The van der Waals surface area contributed by atoms with Gasteiger partial charge in [0, 0.05) is 5.31 Å². The van der Waals surface area contributed by atoms with Crippen molar-refractivity contribution in [1.82, 2.24) is 0 Å². The normalized spacial score (nSPS) is 16.8. The number of allylic oxidation sites excluding steroid dienone is 10. The Morgan fingerprint density at radius 2 is 1.89 bits per heavy atom. The molecule has 19 heavy (non-hydrogen) atoms. The second-order valence-corrected chi connectivity index (χ2v) is 9.95. The number of hydrogen-bond donors (Lipinski definition) is 0. The molecule has 0 unspecified atom stereocenters. The van der Waals surface area contributed by atoms with Crippen LogP contribution in [0.2, 0.25) is 0 Å². The maximum atomic E-state index is 2.29. The zero-order valence-electron chi connectivity index (χ0n) is 11.0. The molecule has 1 aliphatic heterocycles. The molecular formula is C15H16Cl2PZr. The summed E-state index contributed by atoms with van der Waals surface area (Å²) in [5.41, 5.74) is 1.40. The number of rotatable bonds is 1. The van der Waals surface area contributed by atoms with E-state index >= 15 is 0 Å². The van der Waals surface area contributed by atoms with Crippen LogP contribution in [0.4, 0.5) is 0 Å². The van der Waals surface area contributed by atoms with Crippen molar-refractivity contribution in [3.05, 3.63) is 56.7 Å². The molecule has 0 atom stereocenters. The van der Waals surface area contributed by atoms with Crippen molar-refractivity contribution < 1.29 is 47.6 Å². The largest absolute Gasteiger partial charge is 1.00 e. The van der Waals surface area contributed by atoms with Crippen LogP contribution in [-0.2, 0) is 22.8 Å². The fourth-order valence-electron chi connectivity index (χ4n) is 1.74. The summed E-state index contributed by atoms with van der Waals surface area (Å²) in [6.45, 7) is 4.51. The van der Waals surface area contributed by atoms with Gasteiger partial charge in [0.15, 0.2) is 0 Å². The molecule has 1 heterocycles. The molecular weight excluding hydrogens is 373 g/mol. The van der Waals surface area contributed by atoms with Crippen molar-refractivity contribution in [2.24, 2.45) is 0 Å². The molecule has 0 aromatic rings. The van der Waals surface area contributed by atoms with Crippen LogP contribution in [0.3, 0.4) is 0 Å². The summed E-state index contributed by atoms with van der Waals surface area (Å²) in [5.74, 6) is 2.17. The maximum Gasteiger partial charge on any atom is -1.00 e. The average Bonchev–Trinajstić information content (AvgIpc) is 2.91. The number of fused-ring (bicyclic) bond motifs is 1. The van der Waals surface area contributed by atoms with Gasteiger partial charge in [0.25, 0.3) is 0 Å². The third-order valence-electron chi connectivity index (χ3n) is 2.48. The van der Waals surface area contributed by atoms with E-state index < -0.39 is 0 Å². The van der Waals surface area contributed by atoms with Crippen LogP contribution in [0.1, 0.15) is 20.3 Å². The van der Waals surface area contributed by atoms with Gasteiger partial charge in [-0.25, -0.2) is 0 Å². The molecule has 3 aliphatic rings. The Labute approximate surface area is 141 Å². The van der Waals surface area contributed by atoms with Crippen LogP contribution in [0.15, 0.2) is 56.7 Å². The molecule has 99 valence electrons. The summed E-state index contributed by atoms with van der Waals surface area (Å²) in [6.07, 6.45) is 16.5. The van der Waals surface area contributed by atoms with Crippen LogP contribution < -0.4 is 24.8 Å². The van der Waals surface area contributed by atoms with E-state index in [9.17, 15) is 0 Å². The first-order valence-corrected chi connectivity index (χ1v) is 9.24. The van der Waals surface area contributed by atoms with Gasteiger partial charge in [-0.1, -0.05) is 20.4 Å². The molecule has 2 aliphatic carbocycles. The topological polar surface area (TPSA) is 0 Å². The predicted octanol–water partition coefficient (Wildman–Crippen LogP) is -1.74. The first-order valence-electron chi connectivity index (χ1n) is 5.81. The van der Waals surface area contributed by atoms with Gasteiger partial charge >= 0.3 is 67.7 Å². The molecule has 0 nitrogen and oxygen atoms in total. The first kappa shape index (κ1) is 19.2. The molecule has 0 fully saturated rings. The van der Waals surface area contributed by atoms with Crippen molar-refractivity contribution >= 4 is 17.2 Å². The van der Waals surface area contributed by atoms with Gasteiger partial charge in [-0.2, -0.15) is 0 Å². The number of hydrogen-bond acceptors (Lipinski definition) is 0. The Hall–Kier alpha value is 0.203. The van der Waals surface area contributed by atoms with E-state index in [1.54, 1.807) is 6.49 Å². The third kappa shape index (κ3) is 6.46. The summed E-state index contributed by atoms with van der Waals surface area (Å²) < 4.78 is 3.40. The van der Waals surface area contributed by atoms with Gasteiger partial charge in [0.2, 0.25) is 0 Å². The summed E-state index contributed by atoms with van der Waals surface area (Å²) in [6, 6.07) is 0. The average molecular weight is 389 g/mol. The third-order valence-corrected chi connectivity index (χ3v) is 6.39. The van der Waals surface area contributed by atoms with E-state index in [4.69, 9.17) is 0 Å². The predicted molar refractivity (Wildman–Crippen MR) is 76.5 cm³/mol. The van der Waals surface area contributed by atoms with E-state index in [2.05, 4.69) is 62.2 Å². The number of halogens is 2. The van der Waals surface area contributed by atoms with Gasteiger partial charge in [-0.15, -0.1) is 0 Å². The summed E-state index contributed by atoms with van der Waals surface area (Å²) in [5, 5.41) is 1.45. The molecule has 0 radical (unpaired) electrons. The van der Waals surface area contributed by atoms with E-state index in [1.807, 2.05) is 0 Å². The van der Waals surface area contributed by atoms with Crippen LogP contribution >= 0.6 is 8.20 Å². The molecule has 0 aromatic heterocycles. The quantitative estimate of drug-likeness (QED) is 0.468. The van der Waals surface area contributed by atoms with Crippen molar-refractivity contribution in [2.45, 2.75) is 20.3 Å².